The number of thiazole rings is 1. The van der Waals surface area contributed by atoms with Crippen LogP contribution in [0.25, 0.3) is 54.1 Å². The summed E-state index contributed by atoms with van der Waals surface area (Å²) in [7, 11) is 1.94. The molecule has 0 amide bonds. The van der Waals surface area contributed by atoms with Gasteiger partial charge in [-0.2, -0.15) is 5.10 Å². The Morgan fingerprint density at radius 3 is 2.57 bits per heavy atom. The second-order valence-electron chi connectivity index (χ2n) is 8.94. The lowest BCUT2D eigenvalue weighted by molar-refractivity contribution is -0.136. The van der Waals surface area contributed by atoms with Crippen LogP contribution in [-0.2, 0) is 18.3 Å². The molecule has 0 bridgehead atoms. The average molecular weight is 525 g/mol. The van der Waals surface area contributed by atoms with Gasteiger partial charge in [0.2, 0.25) is 0 Å². The van der Waals surface area contributed by atoms with Crippen molar-refractivity contribution in [3.63, 3.8) is 0 Å². The summed E-state index contributed by atoms with van der Waals surface area (Å²) in [6, 6.07) is 19.7. The number of carboxylic acids is 1. The van der Waals surface area contributed by atoms with E-state index < -0.39 is 5.97 Å². The molecule has 0 atom stereocenters. The molecule has 0 fully saturated rings. The Balaban J connectivity index is 1.56. The standard InChI is InChI=1S/C29H21ClN4O2S/c1-16-12-23-28(26(21(16)14-25(35)36)17-5-8-20(30)9-6-17)37-29(32-23)18-7-10-24-22(13-18)27(33-34(24)2)19-4-3-11-31-15-19/h3-13,15H,14H2,1-2H3,(H,35,36). The quantitative estimate of drug-likeness (QED) is 0.258. The Labute approximate surface area is 221 Å². The molecular formula is C29H21ClN4O2S. The van der Waals surface area contributed by atoms with Crippen molar-refractivity contribution in [3.05, 3.63) is 89.2 Å². The van der Waals surface area contributed by atoms with Crippen molar-refractivity contribution >= 4 is 50.0 Å². The molecule has 0 aliphatic carbocycles. The monoisotopic (exact) mass is 524 g/mol. The van der Waals surface area contributed by atoms with E-state index in [1.54, 1.807) is 17.5 Å². The van der Waals surface area contributed by atoms with E-state index in [1.807, 2.05) is 67.3 Å². The maximum Gasteiger partial charge on any atom is 0.307 e. The largest absolute Gasteiger partial charge is 0.481 e. The lowest BCUT2D eigenvalue weighted by Crippen LogP contribution is -2.04. The first-order valence-electron chi connectivity index (χ1n) is 11.7. The van der Waals surface area contributed by atoms with E-state index in [2.05, 4.69) is 23.2 Å². The topological polar surface area (TPSA) is 80.9 Å². The predicted octanol–water partition coefficient (Wildman–Crippen LogP) is 7.17. The molecule has 0 saturated carbocycles. The van der Waals surface area contributed by atoms with Crippen molar-refractivity contribution in [3.8, 4) is 33.0 Å². The molecule has 37 heavy (non-hydrogen) atoms. The highest BCUT2D eigenvalue weighted by Gasteiger charge is 2.20. The lowest BCUT2D eigenvalue weighted by Gasteiger charge is -2.13. The first-order valence-corrected chi connectivity index (χ1v) is 12.9. The van der Waals surface area contributed by atoms with Gasteiger partial charge in [0.05, 0.1) is 22.2 Å². The number of hydrogen-bond acceptors (Lipinski definition) is 5. The van der Waals surface area contributed by atoms with Crippen LogP contribution < -0.4 is 0 Å². The van der Waals surface area contributed by atoms with Crippen LogP contribution in [0, 0.1) is 6.92 Å². The van der Waals surface area contributed by atoms with Gasteiger partial charge in [-0.3, -0.25) is 14.5 Å². The number of halogens is 1. The van der Waals surface area contributed by atoms with E-state index >= 15 is 0 Å². The molecule has 0 saturated heterocycles. The molecule has 3 heterocycles. The van der Waals surface area contributed by atoms with E-state index in [0.717, 1.165) is 65.2 Å². The van der Waals surface area contributed by atoms with Crippen molar-refractivity contribution in [1.82, 2.24) is 19.7 Å². The van der Waals surface area contributed by atoms with Crippen LogP contribution in [0.1, 0.15) is 11.1 Å². The van der Waals surface area contributed by atoms with Gasteiger partial charge in [-0.05, 0) is 72.1 Å². The summed E-state index contributed by atoms with van der Waals surface area (Å²) in [5, 5.41) is 16.9. The van der Waals surface area contributed by atoms with Crippen molar-refractivity contribution in [2.75, 3.05) is 0 Å². The fourth-order valence-electron chi connectivity index (χ4n) is 4.77. The number of carboxylic acid groups (broad SMARTS) is 1. The number of carbonyl (C=O) groups is 1. The van der Waals surface area contributed by atoms with Crippen molar-refractivity contribution < 1.29 is 9.90 Å². The molecule has 182 valence electrons. The molecular weight excluding hydrogens is 504 g/mol. The number of fused-ring (bicyclic) bond motifs is 2. The zero-order valence-electron chi connectivity index (χ0n) is 20.1. The SMILES string of the molecule is Cc1cc2nc(-c3ccc4c(c3)c(-c3cccnc3)nn4C)sc2c(-c2ccc(Cl)cc2)c1CC(=O)O. The molecule has 0 aliphatic rings. The predicted molar refractivity (Wildman–Crippen MR) is 149 cm³/mol. The fourth-order valence-corrected chi connectivity index (χ4v) is 6.03. The van der Waals surface area contributed by atoms with Gasteiger partial charge in [0.25, 0.3) is 0 Å². The van der Waals surface area contributed by atoms with Gasteiger partial charge in [-0.25, -0.2) is 4.98 Å². The van der Waals surface area contributed by atoms with Crippen LogP contribution in [0.4, 0.5) is 0 Å². The molecule has 0 spiro atoms. The number of aromatic nitrogens is 4. The van der Waals surface area contributed by atoms with Crippen LogP contribution in [0.2, 0.25) is 5.02 Å². The summed E-state index contributed by atoms with van der Waals surface area (Å²) in [6.45, 7) is 1.94. The molecule has 1 N–H and O–H groups in total. The molecule has 6 rings (SSSR count). The molecule has 0 radical (unpaired) electrons. The van der Waals surface area contributed by atoms with E-state index in [1.165, 1.54) is 0 Å². The van der Waals surface area contributed by atoms with E-state index in [0.29, 0.717) is 5.02 Å². The highest BCUT2D eigenvalue weighted by molar-refractivity contribution is 7.22. The minimum Gasteiger partial charge on any atom is -0.481 e. The molecule has 0 aliphatic heterocycles. The molecule has 3 aromatic heterocycles. The van der Waals surface area contributed by atoms with Gasteiger partial charge in [0.1, 0.15) is 10.7 Å². The van der Waals surface area contributed by atoms with Gasteiger partial charge in [0.15, 0.2) is 0 Å². The second kappa shape index (κ2) is 9.10. The number of nitrogens with zero attached hydrogens (tertiary/aromatic N) is 4. The van der Waals surface area contributed by atoms with Crippen molar-refractivity contribution in [1.29, 1.82) is 0 Å². The summed E-state index contributed by atoms with van der Waals surface area (Å²) >= 11 is 7.72. The van der Waals surface area contributed by atoms with E-state index in [4.69, 9.17) is 21.7 Å². The van der Waals surface area contributed by atoms with Crippen molar-refractivity contribution in [2.24, 2.45) is 7.05 Å². The van der Waals surface area contributed by atoms with Crippen LogP contribution in [0.15, 0.2) is 73.1 Å². The minimum atomic E-state index is -0.868. The second-order valence-corrected chi connectivity index (χ2v) is 10.4. The Hall–Kier alpha value is -4.07. The third-order valence-electron chi connectivity index (χ3n) is 6.50. The Morgan fingerprint density at radius 1 is 1.05 bits per heavy atom. The maximum absolute atomic E-state index is 11.8. The van der Waals surface area contributed by atoms with Crippen molar-refractivity contribution in [2.45, 2.75) is 13.3 Å². The summed E-state index contributed by atoms with van der Waals surface area (Å²) in [5.41, 5.74) is 8.18. The van der Waals surface area contributed by atoms with Crippen LogP contribution in [-0.4, -0.2) is 30.8 Å². The molecule has 0 unspecified atom stereocenters. The summed E-state index contributed by atoms with van der Waals surface area (Å²) in [4.78, 5) is 21.0. The molecule has 6 nitrogen and oxygen atoms in total. The fraction of sp³-hybridized carbons (Fsp3) is 0.103. The first-order chi connectivity index (χ1) is 17.9. The van der Waals surface area contributed by atoms with Gasteiger partial charge in [0, 0.05) is 46.5 Å². The van der Waals surface area contributed by atoms with Gasteiger partial charge in [-0.15, -0.1) is 11.3 Å². The summed E-state index contributed by atoms with van der Waals surface area (Å²) in [5.74, 6) is -0.868. The number of hydrogen-bond donors (Lipinski definition) is 1. The maximum atomic E-state index is 11.8. The number of rotatable bonds is 5. The first kappa shape index (κ1) is 23.3. The zero-order valence-corrected chi connectivity index (χ0v) is 21.6. The van der Waals surface area contributed by atoms with Crippen LogP contribution in [0.3, 0.4) is 0 Å². The zero-order chi connectivity index (χ0) is 25.7. The van der Waals surface area contributed by atoms with Gasteiger partial charge >= 0.3 is 5.97 Å². The average Bonchev–Trinajstić information content (AvgIpc) is 3.46. The van der Waals surface area contributed by atoms with E-state index in [-0.39, 0.29) is 6.42 Å². The normalized spacial score (nSPS) is 11.4. The number of pyridine rings is 1. The molecule has 6 aromatic rings. The summed E-state index contributed by atoms with van der Waals surface area (Å²) < 4.78 is 2.83. The molecule has 3 aromatic carbocycles. The Morgan fingerprint density at radius 2 is 1.84 bits per heavy atom. The minimum absolute atomic E-state index is 0.0664. The van der Waals surface area contributed by atoms with Crippen LogP contribution >= 0.6 is 22.9 Å². The van der Waals surface area contributed by atoms with Crippen LogP contribution in [0.5, 0.6) is 0 Å². The Kier molecular flexibility index (Phi) is 5.74. The number of aryl methyl sites for hydroxylation is 2. The number of aliphatic carboxylic acids is 1. The Bertz CT molecular complexity index is 1810. The number of benzene rings is 3. The van der Waals surface area contributed by atoms with Gasteiger partial charge in [-0.1, -0.05) is 23.7 Å². The third kappa shape index (κ3) is 4.16. The highest BCUT2D eigenvalue weighted by atomic mass is 35.5. The smallest absolute Gasteiger partial charge is 0.307 e. The third-order valence-corrected chi connectivity index (χ3v) is 7.89. The van der Waals surface area contributed by atoms with Gasteiger partial charge < -0.3 is 5.11 Å². The lowest BCUT2D eigenvalue weighted by atomic mass is 9.93. The molecule has 8 heteroatoms. The summed E-state index contributed by atoms with van der Waals surface area (Å²) in [6.07, 6.45) is 3.50. The highest BCUT2D eigenvalue weighted by Crippen LogP contribution is 2.42. The van der Waals surface area contributed by atoms with E-state index in [9.17, 15) is 9.90 Å².